The van der Waals surface area contributed by atoms with Gasteiger partial charge in [0, 0.05) is 17.9 Å². The van der Waals surface area contributed by atoms with Crippen LogP contribution in [0, 0.1) is 5.92 Å². The van der Waals surface area contributed by atoms with Crippen molar-refractivity contribution in [3.8, 4) is 17.0 Å². The molecular formula is C27H35N3O2. The minimum absolute atomic E-state index is 0.115. The number of hydrogen-bond donors (Lipinski definition) is 1. The van der Waals surface area contributed by atoms with Crippen molar-refractivity contribution >= 4 is 11.7 Å². The number of aryl methyl sites for hydroxylation is 2. The van der Waals surface area contributed by atoms with E-state index in [0.717, 1.165) is 59.9 Å². The van der Waals surface area contributed by atoms with Crippen LogP contribution in [-0.2, 0) is 17.6 Å². The Balaban J connectivity index is 1.46. The van der Waals surface area contributed by atoms with Gasteiger partial charge in [-0.15, -0.1) is 0 Å². The summed E-state index contributed by atoms with van der Waals surface area (Å²) >= 11 is 0. The normalized spacial score (nSPS) is 19.2. The lowest BCUT2D eigenvalue weighted by Gasteiger charge is -2.27. The molecule has 1 aromatic carbocycles. The van der Waals surface area contributed by atoms with Gasteiger partial charge in [-0.05, 0) is 68.2 Å². The van der Waals surface area contributed by atoms with Crippen LogP contribution >= 0.6 is 0 Å². The minimum Gasteiger partial charge on any atom is -0.497 e. The van der Waals surface area contributed by atoms with Gasteiger partial charge in [-0.2, -0.15) is 0 Å². The smallest absolute Gasteiger partial charge is 0.225 e. The van der Waals surface area contributed by atoms with Gasteiger partial charge in [-0.3, -0.25) is 4.79 Å². The molecule has 1 N–H and O–H groups in total. The van der Waals surface area contributed by atoms with Crippen molar-refractivity contribution in [1.29, 1.82) is 0 Å². The molecule has 0 aliphatic heterocycles. The van der Waals surface area contributed by atoms with Gasteiger partial charge in [0.15, 0.2) is 5.82 Å². The van der Waals surface area contributed by atoms with E-state index in [4.69, 9.17) is 14.7 Å². The van der Waals surface area contributed by atoms with Gasteiger partial charge >= 0.3 is 0 Å². The first-order valence-electron chi connectivity index (χ1n) is 12.6. The molecule has 2 aromatic rings. The van der Waals surface area contributed by atoms with Crippen LogP contribution < -0.4 is 10.1 Å². The van der Waals surface area contributed by atoms with Gasteiger partial charge < -0.3 is 10.1 Å². The second kappa shape index (κ2) is 9.60. The molecule has 1 aromatic heterocycles. The molecule has 2 saturated carbocycles. The number of rotatable bonds is 5. The molecule has 5 nitrogen and oxygen atoms in total. The monoisotopic (exact) mass is 433 g/mol. The zero-order valence-electron chi connectivity index (χ0n) is 19.3. The molecule has 0 unspecified atom stereocenters. The van der Waals surface area contributed by atoms with Crippen molar-refractivity contribution in [2.24, 2.45) is 5.92 Å². The van der Waals surface area contributed by atoms with Crippen LogP contribution in [0.5, 0.6) is 5.75 Å². The second-order valence-corrected chi connectivity index (χ2v) is 9.87. The van der Waals surface area contributed by atoms with E-state index in [0.29, 0.717) is 18.3 Å². The molecule has 3 aliphatic rings. The lowest BCUT2D eigenvalue weighted by atomic mass is 9.85. The Morgan fingerprint density at radius 3 is 2.50 bits per heavy atom. The maximum absolute atomic E-state index is 13.0. The van der Waals surface area contributed by atoms with Crippen molar-refractivity contribution in [1.82, 2.24) is 9.97 Å². The standard InChI is InChI=1S/C27H35N3O2/c1-32-21-13-14-22-20(17-21)12-15-23-26(22)30-25(19-10-6-3-7-11-19)27(28-23)29-24(31)16-18-8-4-2-5-9-18/h13-14,17-19H,2-12,15-16H2,1H3,(H,28,29,31). The molecule has 1 heterocycles. The molecule has 5 heteroatoms. The average Bonchev–Trinajstić information content (AvgIpc) is 2.84. The zero-order chi connectivity index (χ0) is 21.9. The zero-order valence-corrected chi connectivity index (χ0v) is 19.3. The maximum Gasteiger partial charge on any atom is 0.225 e. The molecule has 32 heavy (non-hydrogen) atoms. The topological polar surface area (TPSA) is 64.1 Å². The first-order valence-corrected chi connectivity index (χ1v) is 12.6. The first-order chi connectivity index (χ1) is 15.7. The van der Waals surface area contributed by atoms with Crippen LogP contribution in [0.4, 0.5) is 5.82 Å². The number of ether oxygens (including phenoxy) is 1. The van der Waals surface area contributed by atoms with Crippen molar-refractivity contribution < 1.29 is 9.53 Å². The van der Waals surface area contributed by atoms with Gasteiger partial charge in [-0.25, -0.2) is 9.97 Å². The first kappa shape index (κ1) is 21.4. The highest BCUT2D eigenvalue weighted by Crippen LogP contribution is 2.40. The Morgan fingerprint density at radius 2 is 1.75 bits per heavy atom. The number of carbonyl (C=O) groups is 1. The number of methoxy groups -OCH3 is 1. The van der Waals surface area contributed by atoms with Crippen LogP contribution in [0.3, 0.4) is 0 Å². The van der Waals surface area contributed by atoms with E-state index in [2.05, 4.69) is 17.4 Å². The Morgan fingerprint density at radius 1 is 1.00 bits per heavy atom. The highest BCUT2D eigenvalue weighted by Gasteiger charge is 2.28. The summed E-state index contributed by atoms with van der Waals surface area (Å²) in [6.07, 6.45) is 14.6. The Kier molecular flexibility index (Phi) is 6.42. The Hall–Kier alpha value is -2.43. The van der Waals surface area contributed by atoms with Crippen molar-refractivity contribution in [2.75, 3.05) is 12.4 Å². The molecule has 0 atom stereocenters. The maximum atomic E-state index is 13.0. The highest BCUT2D eigenvalue weighted by atomic mass is 16.5. The number of hydrogen-bond acceptors (Lipinski definition) is 4. The third-order valence-corrected chi connectivity index (χ3v) is 7.64. The number of aromatic nitrogens is 2. The van der Waals surface area contributed by atoms with Crippen LogP contribution in [-0.4, -0.2) is 23.0 Å². The molecule has 170 valence electrons. The quantitative estimate of drug-likeness (QED) is 0.609. The van der Waals surface area contributed by atoms with Crippen LogP contribution in [0.15, 0.2) is 18.2 Å². The molecule has 5 rings (SSSR count). The van der Waals surface area contributed by atoms with Crippen molar-refractivity contribution in [3.05, 3.63) is 35.2 Å². The molecule has 0 spiro atoms. The van der Waals surface area contributed by atoms with Crippen LogP contribution in [0.25, 0.3) is 11.3 Å². The Bertz CT molecular complexity index is 975. The predicted octanol–water partition coefficient (Wildman–Crippen LogP) is 6.21. The molecule has 3 aliphatic carbocycles. The van der Waals surface area contributed by atoms with Gasteiger partial charge in [0.25, 0.3) is 0 Å². The van der Waals surface area contributed by atoms with Gasteiger partial charge in [0.05, 0.1) is 24.2 Å². The van der Waals surface area contributed by atoms with Crippen LogP contribution in [0.1, 0.15) is 93.5 Å². The van der Waals surface area contributed by atoms with E-state index in [1.54, 1.807) is 7.11 Å². The van der Waals surface area contributed by atoms with E-state index in [9.17, 15) is 4.79 Å². The number of amides is 1. The lowest BCUT2D eigenvalue weighted by Crippen LogP contribution is -2.22. The lowest BCUT2D eigenvalue weighted by molar-refractivity contribution is -0.117. The van der Waals surface area contributed by atoms with E-state index in [1.165, 1.54) is 56.9 Å². The molecule has 1 amide bonds. The third-order valence-electron chi connectivity index (χ3n) is 7.64. The van der Waals surface area contributed by atoms with Gasteiger partial charge in [0.2, 0.25) is 5.91 Å². The number of carbonyl (C=O) groups excluding carboxylic acids is 1. The minimum atomic E-state index is 0.115. The Labute approximate surface area is 191 Å². The summed E-state index contributed by atoms with van der Waals surface area (Å²) in [5, 5.41) is 3.21. The van der Waals surface area contributed by atoms with Gasteiger partial charge in [-0.1, -0.05) is 38.5 Å². The summed E-state index contributed by atoms with van der Waals surface area (Å²) in [5.41, 5.74) is 5.45. The van der Waals surface area contributed by atoms with Crippen molar-refractivity contribution in [3.63, 3.8) is 0 Å². The summed E-state index contributed by atoms with van der Waals surface area (Å²) in [5.74, 6) is 2.64. The summed E-state index contributed by atoms with van der Waals surface area (Å²) < 4.78 is 5.43. The van der Waals surface area contributed by atoms with Crippen LogP contribution in [0.2, 0.25) is 0 Å². The van der Waals surface area contributed by atoms with Gasteiger partial charge in [0.1, 0.15) is 5.75 Å². The fraction of sp³-hybridized carbons (Fsp3) is 0.593. The highest BCUT2D eigenvalue weighted by molar-refractivity contribution is 5.90. The molecule has 0 saturated heterocycles. The molecule has 0 bridgehead atoms. The number of nitrogens with one attached hydrogen (secondary N) is 1. The number of benzene rings is 1. The SMILES string of the molecule is COc1ccc2c(c1)CCc1nc(NC(=O)CC3CCCCC3)c(C3CCCCC3)nc1-2. The average molecular weight is 434 g/mol. The summed E-state index contributed by atoms with van der Waals surface area (Å²) in [6, 6.07) is 6.25. The fourth-order valence-corrected chi connectivity index (χ4v) is 5.85. The predicted molar refractivity (Wildman–Crippen MR) is 127 cm³/mol. The van der Waals surface area contributed by atoms with E-state index in [-0.39, 0.29) is 5.91 Å². The summed E-state index contributed by atoms with van der Waals surface area (Å²) in [4.78, 5) is 23.2. The third kappa shape index (κ3) is 4.53. The largest absolute Gasteiger partial charge is 0.497 e. The van der Waals surface area contributed by atoms with Crippen molar-refractivity contribution in [2.45, 2.75) is 89.4 Å². The van der Waals surface area contributed by atoms with E-state index < -0.39 is 0 Å². The fourth-order valence-electron chi connectivity index (χ4n) is 5.85. The summed E-state index contributed by atoms with van der Waals surface area (Å²) in [7, 11) is 1.71. The summed E-state index contributed by atoms with van der Waals surface area (Å²) in [6.45, 7) is 0. The van der Waals surface area contributed by atoms with E-state index >= 15 is 0 Å². The molecule has 0 radical (unpaired) electrons. The molecular weight excluding hydrogens is 398 g/mol. The molecule has 2 fully saturated rings. The number of anilines is 1. The second-order valence-electron chi connectivity index (χ2n) is 9.87. The van der Waals surface area contributed by atoms with E-state index in [1.807, 2.05) is 6.07 Å². The number of fused-ring (bicyclic) bond motifs is 3. The number of nitrogens with zero attached hydrogens (tertiary/aromatic N) is 2.